The van der Waals surface area contributed by atoms with Gasteiger partial charge in [0.2, 0.25) is 0 Å². The summed E-state index contributed by atoms with van der Waals surface area (Å²) in [7, 11) is -3.98. The number of amides is 2. The molecule has 218 valence electrons. The number of carbonyl (C=O) groups is 2. The van der Waals surface area contributed by atoms with Crippen LogP contribution in [0.2, 0.25) is 0 Å². The number of hydrogen-bond donors (Lipinski definition) is 5. The number of benzene rings is 3. The Morgan fingerprint density at radius 3 is 2.26 bits per heavy atom. The van der Waals surface area contributed by atoms with Gasteiger partial charge in [-0.15, -0.1) is 0 Å². The van der Waals surface area contributed by atoms with E-state index >= 15 is 0 Å². The maximum Gasteiger partial charge on any atom is 0.264 e. The number of carbonyl (C=O) groups excluding carboxylic acids is 2. The molecular weight excluding hydrogens is 580 g/mol. The summed E-state index contributed by atoms with van der Waals surface area (Å²) in [5.41, 5.74) is 0.796. The molecule has 3 aromatic carbocycles. The van der Waals surface area contributed by atoms with Crippen molar-refractivity contribution in [2.75, 3.05) is 12.9 Å². The first-order chi connectivity index (χ1) is 19.9. The molecule has 1 fully saturated rings. The average molecular weight is 602 g/mol. The topological polar surface area (TPSA) is 180 Å². The molecule has 4 heterocycles. The van der Waals surface area contributed by atoms with Crippen LogP contribution in [-0.4, -0.2) is 82.4 Å². The molecule has 12 nitrogen and oxygen atoms in total. The molecular formula is C27H21F2N3O9S. The van der Waals surface area contributed by atoms with E-state index in [1.54, 1.807) is 0 Å². The molecule has 15 heteroatoms. The van der Waals surface area contributed by atoms with E-state index in [2.05, 4.69) is 10.3 Å². The number of hydrogen-bond acceptors (Lipinski definition) is 9. The molecule has 0 spiro atoms. The van der Waals surface area contributed by atoms with Gasteiger partial charge in [-0.25, -0.2) is 8.78 Å². The van der Waals surface area contributed by atoms with E-state index in [4.69, 9.17) is 8.92 Å². The summed E-state index contributed by atoms with van der Waals surface area (Å²) >= 11 is 0. The largest absolute Gasteiger partial charge is 0.387 e. The van der Waals surface area contributed by atoms with Gasteiger partial charge >= 0.3 is 0 Å². The predicted molar refractivity (Wildman–Crippen MR) is 143 cm³/mol. The number of H-pyrrole nitrogens is 1. The van der Waals surface area contributed by atoms with Crippen LogP contribution in [-0.2, 0) is 19.0 Å². The summed E-state index contributed by atoms with van der Waals surface area (Å²) in [5, 5.41) is 35.5. The number of fused-ring (bicyclic) bond motifs is 10. The molecule has 0 radical (unpaired) electrons. The maximum atomic E-state index is 14.7. The SMILES string of the molecule is CS(=O)(=O)OC[C@H]1OC(n2c3ccc(F)cc3c3c4c(c5c6cc(F)ccc6[nH]c5c32)C(=O)NC4=O)[C@H](O)[C@@H](O)[C@@H]1O. The minimum atomic E-state index is -3.98. The molecule has 1 unspecified atom stereocenters. The maximum absolute atomic E-state index is 14.7. The van der Waals surface area contributed by atoms with Gasteiger partial charge in [-0.05, 0) is 36.4 Å². The molecule has 2 amide bonds. The van der Waals surface area contributed by atoms with Gasteiger partial charge in [0.05, 0.1) is 40.5 Å². The molecule has 2 aliphatic rings. The Labute approximate surface area is 234 Å². The van der Waals surface area contributed by atoms with Gasteiger partial charge in [-0.3, -0.25) is 19.1 Å². The van der Waals surface area contributed by atoms with Gasteiger partial charge < -0.3 is 29.6 Å². The summed E-state index contributed by atoms with van der Waals surface area (Å²) in [5.74, 6) is -2.81. The summed E-state index contributed by atoms with van der Waals surface area (Å²) in [4.78, 5) is 29.4. The van der Waals surface area contributed by atoms with E-state index in [-0.39, 0.29) is 49.2 Å². The lowest BCUT2D eigenvalue weighted by Crippen LogP contribution is -2.56. The van der Waals surface area contributed by atoms with Crippen molar-refractivity contribution in [2.24, 2.45) is 0 Å². The average Bonchev–Trinajstić information content (AvgIpc) is 3.55. The zero-order valence-electron chi connectivity index (χ0n) is 21.5. The Kier molecular flexibility index (Phi) is 5.76. The van der Waals surface area contributed by atoms with Crippen LogP contribution in [0.25, 0.3) is 43.6 Å². The highest BCUT2D eigenvalue weighted by atomic mass is 32.2. The van der Waals surface area contributed by atoms with Gasteiger partial charge in [-0.2, -0.15) is 8.42 Å². The second-order valence-electron chi connectivity index (χ2n) is 10.4. The number of aromatic nitrogens is 2. The first-order valence-electron chi connectivity index (χ1n) is 12.7. The normalized spacial score (nSPS) is 24.8. The number of aliphatic hydroxyl groups excluding tert-OH is 3. The molecule has 1 saturated heterocycles. The Bertz CT molecular complexity index is 2120. The second-order valence-corrected chi connectivity index (χ2v) is 12.0. The smallest absolute Gasteiger partial charge is 0.264 e. The Morgan fingerprint density at radius 1 is 0.929 bits per heavy atom. The zero-order chi connectivity index (χ0) is 29.8. The number of aliphatic hydroxyl groups is 3. The fourth-order valence-electron chi connectivity index (χ4n) is 6.06. The van der Waals surface area contributed by atoms with Crippen molar-refractivity contribution in [3.8, 4) is 0 Å². The number of ether oxygens (including phenoxy) is 1. The molecule has 0 bridgehead atoms. The van der Waals surface area contributed by atoms with Gasteiger partial charge in [0.25, 0.3) is 21.9 Å². The Balaban J connectivity index is 1.61. The van der Waals surface area contributed by atoms with Crippen LogP contribution < -0.4 is 5.32 Å². The van der Waals surface area contributed by atoms with Crippen LogP contribution in [0.15, 0.2) is 36.4 Å². The van der Waals surface area contributed by atoms with E-state index in [1.165, 1.54) is 28.8 Å². The highest BCUT2D eigenvalue weighted by Crippen LogP contribution is 2.46. The van der Waals surface area contributed by atoms with Gasteiger partial charge in [0.15, 0.2) is 6.23 Å². The molecule has 0 saturated carbocycles. The number of rotatable bonds is 4. The number of aromatic amines is 1. The lowest BCUT2D eigenvalue weighted by atomic mass is 9.96. The molecule has 7 rings (SSSR count). The van der Waals surface area contributed by atoms with Gasteiger partial charge in [0, 0.05) is 27.1 Å². The van der Waals surface area contributed by atoms with Crippen molar-refractivity contribution in [2.45, 2.75) is 30.6 Å². The molecule has 0 aliphatic carbocycles. The Hall–Kier alpha value is -3.99. The van der Waals surface area contributed by atoms with E-state index in [0.717, 1.165) is 18.4 Å². The predicted octanol–water partition coefficient (Wildman–Crippen LogP) is 1.55. The minimum absolute atomic E-state index is 0.0531. The summed E-state index contributed by atoms with van der Waals surface area (Å²) in [6, 6.07) is 7.41. The van der Waals surface area contributed by atoms with E-state index < -0.39 is 70.8 Å². The molecule has 5 aromatic rings. The number of nitrogens with zero attached hydrogens (tertiary/aromatic N) is 1. The van der Waals surface area contributed by atoms with Crippen LogP contribution in [0.1, 0.15) is 26.9 Å². The van der Waals surface area contributed by atoms with Crippen LogP contribution >= 0.6 is 0 Å². The molecule has 42 heavy (non-hydrogen) atoms. The number of nitrogens with one attached hydrogen (secondary N) is 2. The second kappa shape index (κ2) is 9.00. The molecule has 2 aromatic heterocycles. The van der Waals surface area contributed by atoms with Crippen LogP contribution in [0, 0.1) is 11.6 Å². The van der Waals surface area contributed by atoms with E-state index in [9.17, 15) is 42.1 Å². The number of halogens is 2. The lowest BCUT2D eigenvalue weighted by molar-refractivity contribution is -0.247. The Morgan fingerprint density at radius 2 is 1.57 bits per heavy atom. The molecule has 2 aliphatic heterocycles. The van der Waals surface area contributed by atoms with Crippen LogP contribution in [0.3, 0.4) is 0 Å². The first kappa shape index (κ1) is 26.9. The van der Waals surface area contributed by atoms with Crippen molar-refractivity contribution in [1.82, 2.24) is 14.9 Å². The van der Waals surface area contributed by atoms with Gasteiger partial charge in [-0.1, -0.05) is 0 Å². The van der Waals surface area contributed by atoms with Crippen LogP contribution in [0.5, 0.6) is 0 Å². The quantitative estimate of drug-likeness (QED) is 0.151. The summed E-state index contributed by atoms with van der Waals surface area (Å²) in [6.45, 7) is -0.709. The summed E-state index contributed by atoms with van der Waals surface area (Å²) in [6.07, 6.45) is -7.65. The first-order valence-corrected chi connectivity index (χ1v) is 14.5. The van der Waals surface area contributed by atoms with Crippen LogP contribution in [0.4, 0.5) is 8.78 Å². The highest BCUT2D eigenvalue weighted by molar-refractivity contribution is 7.85. The highest BCUT2D eigenvalue weighted by Gasteiger charge is 2.47. The fraction of sp³-hybridized carbons (Fsp3) is 0.259. The summed E-state index contributed by atoms with van der Waals surface area (Å²) < 4.78 is 64.5. The molecule has 5 atom stereocenters. The zero-order valence-corrected chi connectivity index (χ0v) is 22.3. The minimum Gasteiger partial charge on any atom is -0.387 e. The third-order valence-electron chi connectivity index (χ3n) is 7.78. The van der Waals surface area contributed by atoms with E-state index in [1.807, 2.05) is 0 Å². The lowest BCUT2D eigenvalue weighted by Gasteiger charge is -2.41. The van der Waals surface area contributed by atoms with Crippen molar-refractivity contribution in [1.29, 1.82) is 0 Å². The third-order valence-corrected chi connectivity index (χ3v) is 8.35. The van der Waals surface area contributed by atoms with Crippen molar-refractivity contribution in [3.63, 3.8) is 0 Å². The third kappa shape index (κ3) is 3.78. The monoisotopic (exact) mass is 601 g/mol. The van der Waals surface area contributed by atoms with E-state index in [0.29, 0.717) is 5.52 Å². The molecule has 5 N–H and O–H groups in total. The fourth-order valence-corrected chi connectivity index (χ4v) is 6.44. The van der Waals surface area contributed by atoms with Crippen molar-refractivity contribution >= 4 is 65.5 Å². The van der Waals surface area contributed by atoms with Crippen molar-refractivity contribution in [3.05, 3.63) is 59.2 Å². The standard InChI is InChI=1S/C27H21F2N3O9S/c1-42(38,39)40-8-15-22(33)23(34)24(35)27(41-15)32-14-5-3-10(29)7-12(14)17-19-18(25(36)31-26(19)37)16-11-6-9(28)2-4-13(11)30-20(16)21(17)32/h2-7,15,22-24,27,30,33-35H,8H2,1H3,(H,31,36,37)/t15-,22-,23+,24-,27?/m1/s1. The van der Waals surface area contributed by atoms with Gasteiger partial charge in [0.1, 0.15) is 36.1 Å². The number of imide groups is 1. The van der Waals surface area contributed by atoms with Crippen molar-refractivity contribution < 1.29 is 51.0 Å².